The molecule has 0 saturated heterocycles. The van der Waals surface area contributed by atoms with Gasteiger partial charge in [-0.2, -0.15) is 0 Å². The zero-order chi connectivity index (χ0) is 15.1. The number of H-pyrrole nitrogens is 1. The molecule has 2 N–H and O–H groups in total. The van der Waals surface area contributed by atoms with Gasteiger partial charge in [0.25, 0.3) is 5.56 Å². The molecule has 0 aliphatic carbocycles. The van der Waals surface area contributed by atoms with Crippen LogP contribution in [-0.2, 0) is 4.79 Å². The molecule has 0 aliphatic heterocycles. The van der Waals surface area contributed by atoms with Crippen LogP contribution in [0.3, 0.4) is 0 Å². The average molecular weight is 284 g/mol. The predicted octanol–water partition coefficient (Wildman–Crippen LogP) is 2.85. The zero-order valence-corrected chi connectivity index (χ0v) is 12.2. The highest BCUT2D eigenvalue weighted by atomic mass is 16.1. The molecule has 0 unspecified atom stereocenters. The average Bonchev–Trinajstić information content (AvgIpc) is 2.49. The molecule has 0 radical (unpaired) electrons. The van der Waals surface area contributed by atoms with Crippen LogP contribution in [0.4, 0.5) is 0 Å². The van der Waals surface area contributed by atoms with Crippen LogP contribution in [0.5, 0.6) is 0 Å². The first-order valence-electron chi connectivity index (χ1n) is 7.28. The van der Waals surface area contributed by atoms with E-state index in [0.29, 0.717) is 12.1 Å². The fourth-order valence-electron chi connectivity index (χ4n) is 2.10. The van der Waals surface area contributed by atoms with Crippen molar-refractivity contribution in [1.82, 2.24) is 10.3 Å². The Labute approximate surface area is 123 Å². The van der Waals surface area contributed by atoms with E-state index in [2.05, 4.69) is 17.2 Å². The van der Waals surface area contributed by atoms with Crippen LogP contribution in [0.2, 0.25) is 0 Å². The molecule has 0 fully saturated rings. The molecular weight excluding hydrogens is 264 g/mol. The minimum Gasteiger partial charge on any atom is -0.353 e. The van der Waals surface area contributed by atoms with Gasteiger partial charge < -0.3 is 10.3 Å². The lowest BCUT2D eigenvalue weighted by atomic mass is 10.1. The molecular formula is C17H20N2O2. The maximum absolute atomic E-state index is 11.9. The minimum absolute atomic E-state index is 0.168. The number of para-hydroxylation sites is 1. The molecule has 110 valence electrons. The number of rotatable bonds is 6. The number of hydrogen-bond acceptors (Lipinski definition) is 2. The van der Waals surface area contributed by atoms with Gasteiger partial charge in [-0.25, -0.2) is 0 Å². The Bertz CT molecular complexity index is 701. The van der Waals surface area contributed by atoms with Crippen molar-refractivity contribution in [3.05, 3.63) is 52.3 Å². The van der Waals surface area contributed by atoms with Gasteiger partial charge in [0.15, 0.2) is 0 Å². The van der Waals surface area contributed by atoms with E-state index < -0.39 is 0 Å². The first-order valence-corrected chi connectivity index (χ1v) is 7.28. The second kappa shape index (κ2) is 7.43. The molecule has 1 amide bonds. The topological polar surface area (TPSA) is 62.0 Å². The third-order valence-corrected chi connectivity index (χ3v) is 3.28. The van der Waals surface area contributed by atoms with Crippen LogP contribution >= 0.6 is 0 Å². The Morgan fingerprint density at radius 2 is 2.10 bits per heavy atom. The molecule has 2 rings (SSSR count). The van der Waals surface area contributed by atoms with Gasteiger partial charge in [-0.15, -0.1) is 0 Å². The van der Waals surface area contributed by atoms with Crippen molar-refractivity contribution in [2.24, 2.45) is 0 Å². The van der Waals surface area contributed by atoms with E-state index in [9.17, 15) is 9.59 Å². The molecule has 0 bridgehead atoms. The SMILES string of the molecule is CCCCCNC(=O)/C=C/c1cc2ccccc2[nH]c1=O. The Balaban J connectivity index is 2.05. The molecule has 0 saturated carbocycles. The van der Waals surface area contributed by atoms with E-state index in [1.54, 1.807) is 12.1 Å². The van der Waals surface area contributed by atoms with E-state index in [-0.39, 0.29) is 11.5 Å². The summed E-state index contributed by atoms with van der Waals surface area (Å²) in [6, 6.07) is 9.35. The summed E-state index contributed by atoms with van der Waals surface area (Å²) in [4.78, 5) is 26.4. The summed E-state index contributed by atoms with van der Waals surface area (Å²) in [7, 11) is 0. The van der Waals surface area contributed by atoms with Crippen LogP contribution in [0.1, 0.15) is 31.7 Å². The second-order valence-corrected chi connectivity index (χ2v) is 4.97. The normalized spacial score (nSPS) is 11.1. The van der Waals surface area contributed by atoms with Crippen molar-refractivity contribution in [3.63, 3.8) is 0 Å². The lowest BCUT2D eigenvalue weighted by Gasteiger charge is -2.01. The first-order chi connectivity index (χ1) is 10.2. The smallest absolute Gasteiger partial charge is 0.255 e. The second-order valence-electron chi connectivity index (χ2n) is 4.97. The maximum atomic E-state index is 11.9. The van der Waals surface area contributed by atoms with Crippen LogP contribution in [0, 0.1) is 0 Å². The Hall–Kier alpha value is -2.36. The van der Waals surface area contributed by atoms with E-state index in [1.807, 2.05) is 24.3 Å². The third kappa shape index (κ3) is 4.31. The standard InChI is InChI=1S/C17H20N2O2/c1-2-3-6-11-18-16(20)10-9-14-12-13-7-4-5-8-15(13)19-17(14)21/h4-5,7-10,12H,2-3,6,11H2,1H3,(H,18,20)(H,19,21)/b10-9+. The predicted molar refractivity (Wildman–Crippen MR) is 86.1 cm³/mol. The molecule has 21 heavy (non-hydrogen) atoms. The molecule has 0 aliphatic rings. The van der Waals surface area contributed by atoms with Crippen molar-refractivity contribution < 1.29 is 4.79 Å². The number of benzene rings is 1. The monoisotopic (exact) mass is 284 g/mol. The van der Waals surface area contributed by atoms with Crippen LogP contribution in [-0.4, -0.2) is 17.4 Å². The number of amides is 1. The lowest BCUT2D eigenvalue weighted by molar-refractivity contribution is -0.116. The highest BCUT2D eigenvalue weighted by Crippen LogP contribution is 2.10. The number of hydrogen-bond donors (Lipinski definition) is 2. The summed E-state index contributed by atoms with van der Waals surface area (Å²) in [5.41, 5.74) is 1.09. The van der Waals surface area contributed by atoms with E-state index in [1.165, 1.54) is 6.08 Å². The molecule has 1 aromatic carbocycles. The molecule has 2 aromatic rings. The van der Waals surface area contributed by atoms with Crippen LogP contribution in [0.25, 0.3) is 17.0 Å². The summed E-state index contributed by atoms with van der Waals surface area (Å²) >= 11 is 0. The fourth-order valence-corrected chi connectivity index (χ4v) is 2.10. The highest BCUT2D eigenvalue weighted by Gasteiger charge is 2.00. The molecule has 0 spiro atoms. The minimum atomic E-state index is -0.191. The van der Waals surface area contributed by atoms with Gasteiger partial charge in [-0.05, 0) is 30.0 Å². The number of unbranched alkanes of at least 4 members (excludes halogenated alkanes) is 2. The fraction of sp³-hybridized carbons (Fsp3) is 0.294. The number of aromatic amines is 1. The largest absolute Gasteiger partial charge is 0.353 e. The van der Waals surface area contributed by atoms with Gasteiger partial charge in [-0.1, -0.05) is 38.0 Å². The van der Waals surface area contributed by atoms with Crippen LogP contribution < -0.4 is 10.9 Å². The summed E-state index contributed by atoms with van der Waals surface area (Å²) in [5.74, 6) is -0.168. The molecule has 0 atom stereocenters. The number of fused-ring (bicyclic) bond motifs is 1. The maximum Gasteiger partial charge on any atom is 0.255 e. The Kier molecular flexibility index (Phi) is 5.32. The first kappa shape index (κ1) is 15.0. The summed E-state index contributed by atoms with van der Waals surface area (Å²) in [6.07, 6.45) is 6.17. The number of aromatic nitrogens is 1. The molecule has 1 heterocycles. The van der Waals surface area contributed by atoms with Gasteiger partial charge in [0.2, 0.25) is 5.91 Å². The summed E-state index contributed by atoms with van der Waals surface area (Å²) in [6.45, 7) is 2.79. The Morgan fingerprint density at radius 3 is 2.90 bits per heavy atom. The molecule has 4 nitrogen and oxygen atoms in total. The van der Waals surface area contributed by atoms with E-state index in [4.69, 9.17) is 0 Å². The van der Waals surface area contributed by atoms with Gasteiger partial charge in [-0.3, -0.25) is 9.59 Å². The molecule has 4 heteroatoms. The van der Waals surface area contributed by atoms with Crippen molar-refractivity contribution in [2.45, 2.75) is 26.2 Å². The number of carbonyl (C=O) groups excluding carboxylic acids is 1. The van der Waals surface area contributed by atoms with Crippen molar-refractivity contribution in [3.8, 4) is 0 Å². The number of pyridine rings is 1. The lowest BCUT2D eigenvalue weighted by Crippen LogP contribution is -2.22. The highest BCUT2D eigenvalue weighted by molar-refractivity contribution is 5.92. The van der Waals surface area contributed by atoms with E-state index in [0.717, 1.165) is 30.2 Å². The van der Waals surface area contributed by atoms with Crippen molar-refractivity contribution >= 4 is 22.9 Å². The van der Waals surface area contributed by atoms with Crippen molar-refractivity contribution in [1.29, 1.82) is 0 Å². The van der Waals surface area contributed by atoms with Gasteiger partial charge in [0.1, 0.15) is 0 Å². The number of carbonyl (C=O) groups is 1. The van der Waals surface area contributed by atoms with Crippen LogP contribution in [0.15, 0.2) is 41.2 Å². The molecule has 1 aromatic heterocycles. The van der Waals surface area contributed by atoms with Gasteiger partial charge >= 0.3 is 0 Å². The summed E-state index contributed by atoms with van der Waals surface area (Å²) < 4.78 is 0. The zero-order valence-electron chi connectivity index (χ0n) is 12.2. The van der Waals surface area contributed by atoms with Gasteiger partial charge in [0, 0.05) is 23.7 Å². The van der Waals surface area contributed by atoms with E-state index >= 15 is 0 Å². The quantitative estimate of drug-likeness (QED) is 0.633. The summed E-state index contributed by atoms with van der Waals surface area (Å²) in [5, 5.41) is 3.75. The third-order valence-electron chi connectivity index (χ3n) is 3.28. The number of nitrogens with one attached hydrogen (secondary N) is 2. The Morgan fingerprint density at radius 1 is 1.29 bits per heavy atom. The van der Waals surface area contributed by atoms with Crippen molar-refractivity contribution in [2.75, 3.05) is 6.54 Å². The van der Waals surface area contributed by atoms with Gasteiger partial charge in [0.05, 0.1) is 0 Å².